The Kier molecular flexibility index (Phi) is 1.92. The van der Waals surface area contributed by atoms with Crippen molar-refractivity contribution in [1.29, 1.82) is 0 Å². The van der Waals surface area contributed by atoms with E-state index < -0.39 is 42.4 Å². The summed E-state index contributed by atoms with van der Waals surface area (Å²) in [5.74, 6) is -4.32. The summed E-state index contributed by atoms with van der Waals surface area (Å²) in [6.07, 6.45) is -3.57. The van der Waals surface area contributed by atoms with Crippen molar-refractivity contribution in [3.05, 3.63) is 29.3 Å². The van der Waals surface area contributed by atoms with Gasteiger partial charge in [0, 0.05) is 14.8 Å². The molecule has 0 aromatic heterocycles. The van der Waals surface area contributed by atoms with Crippen molar-refractivity contribution in [1.82, 2.24) is 10.2 Å². The predicted octanol–water partition coefficient (Wildman–Crippen LogP) is -0.330. The molecule has 0 radical (unpaired) electrons. The second kappa shape index (κ2) is 4.16. The second-order valence-corrected chi connectivity index (χ2v) is 4.29. The molecule has 0 bridgehead atoms. The molecular formula is C13H11N3O4. The molecule has 1 fully saturated rings. The summed E-state index contributed by atoms with van der Waals surface area (Å²) < 4.78 is 24.0. The van der Waals surface area contributed by atoms with Crippen LogP contribution in [-0.2, 0) is 9.59 Å². The Bertz CT molecular complexity index is 795. The number of carbonyl (C=O) groups is 4. The first kappa shape index (κ1) is 9.24. The summed E-state index contributed by atoms with van der Waals surface area (Å²) in [6.45, 7) is 0. The average molecular weight is 276 g/mol. The zero-order valence-electron chi connectivity index (χ0n) is 13.1. The van der Waals surface area contributed by atoms with E-state index in [4.69, 9.17) is 9.85 Å². The number of amides is 4. The fourth-order valence-electron chi connectivity index (χ4n) is 2.17. The van der Waals surface area contributed by atoms with Gasteiger partial charge in [0.05, 0.1) is 12.5 Å². The number of nitrogens with zero attached hydrogens (tertiary/aromatic N) is 1. The van der Waals surface area contributed by atoms with Gasteiger partial charge in [-0.1, -0.05) is 6.07 Å². The van der Waals surface area contributed by atoms with Crippen LogP contribution in [0, 0.1) is 0 Å². The van der Waals surface area contributed by atoms with Gasteiger partial charge in [-0.15, -0.1) is 0 Å². The number of carbonyl (C=O) groups excluding carboxylic acids is 4. The highest BCUT2D eigenvalue weighted by Gasteiger charge is 2.45. The topological polar surface area (TPSA) is 110 Å². The summed E-state index contributed by atoms with van der Waals surface area (Å²) in [7, 11) is 0. The maximum Gasteiger partial charge on any atom is 0.264 e. The molecule has 4 amide bonds. The third-order valence-corrected chi connectivity index (χ3v) is 3.06. The molecule has 1 aromatic rings. The molecule has 1 atom stereocenters. The summed E-state index contributed by atoms with van der Waals surface area (Å²) in [5, 5.41) is 1.80. The van der Waals surface area contributed by atoms with Gasteiger partial charge < -0.3 is 5.73 Å². The monoisotopic (exact) mass is 276 g/mol. The number of hydrogen-bond donors (Lipinski definition) is 2. The molecule has 1 aromatic carbocycles. The van der Waals surface area contributed by atoms with Crippen LogP contribution >= 0.6 is 0 Å². The highest BCUT2D eigenvalue weighted by atomic mass is 16.2. The standard InChI is InChI=1S/C13H11N3O4/c14-7-3-1-2-6-10(7)13(20)16(12(6)19)8-4-5-9(17)15-11(8)18/h1-3,8H,4-5,14H2,(H,15,17,18)/t8-/m0/s1/i4D2,8D. The number of hydrogen-bond acceptors (Lipinski definition) is 5. The van der Waals surface area contributed by atoms with Gasteiger partial charge in [-0.3, -0.25) is 29.4 Å². The fourth-order valence-corrected chi connectivity index (χ4v) is 2.17. The first-order chi connectivity index (χ1) is 10.6. The minimum absolute atomic E-state index is 0.0141. The number of fused-ring (bicyclic) bond motifs is 1. The number of nitrogen functional groups attached to an aromatic ring is 1. The molecule has 0 unspecified atom stereocenters. The first-order valence-electron chi connectivity index (χ1n) is 7.23. The molecule has 0 aliphatic carbocycles. The van der Waals surface area contributed by atoms with E-state index in [9.17, 15) is 19.2 Å². The second-order valence-electron chi connectivity index (χ2n) is 4.29. The van der Waals surface area contributed by atoms with Crippen LogP contribution < -0.4 is 11.1 Å². The van der Waals surface area contributed by atoms with Crippen LogP contribution in [0.2, 0.25) is 0 Å². The van der Waals surface area contributed by atoms with Gasteiger partial charge in [-0.05, 0) is 18.5 Å². The maximum absolute atomic E-state index is 12.5. The smallest absolute Gasteiger partial charge is 0.264 e. The number of rotatable bonds is 1. The van der Waals surface area contributed by atoms with Crippen LogP contribution in [0.3, 0.4) is 0 Å². The molecule has 3 N–H and O–H groups in total. The van der Waals surface area contributed by atoms with Gasteiger partial charge in [0.2, 0.25) is 11.8 Å². The van der Waals surface area contributed by atoms with Crippen molar-refractivity contribution in [2.24, 2.45) is 0 Å². The Morgan fingerprint density at radius 3 is 2.70 bits per heavy atom. The van der Waals surface area contributed by atoms with Crippen LogP contribution in [0.4, 0.5) is 5.69 Å². The Morgan fingerprint density at radius 2 is 2.05 bits per heavy atom. The van der Waals surface area contributed by atoms with Gasteiger partial charge in [-0.2, -0.15) is 0 Å². The Morgan fingerprint density at radius 1 is 1.30 bits per heavy atom. The lowest BCUT2D eigenvalue weighted by Crippen LogP contribution is -2.54. The lowest BCUT2D eigenvalue weighted by molar-refractivity contribution is -0.136. The lowest BCUT2D eigenvalue weighted by Gasteiger charge is -2.27. The SMILES string of the molecule is [2H]C1([2H])CC(=O)NC(=O)[C@@]1([2H])N1C(=O)c2cccc(N)c2C1=O. The summed E-state index contributed by atoms with van der Waals surface area (Å²) in [6, 6.07) is 1.21. The van der Waals surface area contributed by atoms with Crippen molar-refractivity contribution in [3.8, 4) is 0 Å². The van der Waals surface area contributed by atoms with E-state index in [2.05, 4.69) is 0 Å². The molecule has 7 nitrogen and oxygen atoms in total. The Hall–Kier alpha value is -2.70. The number of benzene rings is 1. The number of anilines is 1. The van der Waals surface area contributed by atoms with Gasteiger partial charge in [0.25, 0.3) is 11.8 Å². The van der Waals surface area contributed by atoms with E-state index in [1.807, 2.05) is 0 Å². The maximum atomic E-state index is 12.5. The molecular weight excluding hydrogens is 262 g/mol. The Balaban J connectivity index is 2.18. The molecule has 2 aliphatic rings. The first-order valence-corrected chi connectivity index (χ1v) is 5.73. The number of nitrogens with two attached hydrogens (primary N) is 1. The summed E-state index contributed by atoms with van der Waals surface area (Å²) >= 11 is 0. The summed E-state index contributed by atoms with van der Waals surface area (Å²) in [5.41, 5.74) is 5.37. The van der Waals surface area contributed by atoms with Crippen molar-refractivity contribution in [3.63, 3.8) is 0 Å². The van der Waals surface area contributed by atoms with Crippen molar-refractivity contribution < 1.29 is 23.3 Å². The number of piperidine rings is 1. The molecule has 20 heavy (non-hydrogen) atoms. The molecule has 7 heteroatoms. The molecule has 2 aliphatic heterocycles. The minimum atomic E-state index is -2.90. The zero-order chi connectivity index (χ0) is 17.2. The van der Waals surface area contributed by atoms with E-state index in [0.29, 0.717) is 0 Å². The van der Waals surface area contributed by atoms with Gasteiger partial charge >= 0.3 is 0 Å². The van der Waals surface area contributed by atoms with E-state index in [1.54, 1.807) is 5.32 Å². The van der Waals surface area contributed by atoms with Crippen molar-refractivity contribution in [2.45, 2.75) is 18.8 Å². The molecule has 0 saturated carbocycles. The predicted molar refractivity (Wildman–Crippen MR) is 67.5 cm³/mol. The highest BCUT2D eigenvalue weighted by Crippen LogP contribution is 2.30. The van der Waals surface area contributed by atoms with E-state index in [1.165, 1.54) is 18.2 Å². The van der Waals surface area contributed by atoms with Gasteiger partial charge in [0.15, 0.2) is 0 Å². The molecule has 102 valence electrons. The third kappa shape index (κ3) is 1.59. The Labute approximate surface area is 117 Å². The van der Waals surface area contributed by atoms with E-state index in [0.717, 1.165) is 0 Å². The third-order valence-electron chi connectivity index (χ3n) is 3.06. The molecule has 0 spiro atoms. The number of imide groups is 2. The van der Waals surface area contributed by atoms with Crippen LogP contribution in [0.5, 0.6) is 0 Å². The van der Waals surface area contributed by atoms with Gasteiger partial charge in [0.1, 0.15) is 6.02 Å². The van der Waals surface area contributed by atoms with E-state index >= 15 is 0 Å². The molecule has 1 saturated heterocycles. The summed E-state index contributed by atoms with van der Waals surface area (Å²) in [4.78, 5) is 48.7. The lowest BCUT2D eigenvalue weighted by atomic mass is 10.0. The van der Waals surface area contributed by atoms with Crippen LogP contribution in [-0.4, -0.2) is 34.5 Å². The largest absolute Gasteiger partial charge is 0.398 e. The van der Waals surface area contributed by atoms with Crippen LogP contribution in [0.1, 0.15) is 37.6 Å². The minimum Gasteiger partial charge on any atom is -0.398 e. The average Bonchev–Trinajstić information content (AvgIpc) is 2.69. The highest BCUT2D eigenvalue weighted by molar-refractivity contribution is 6.25. The number of nitrogens with one attached hydrogen (secondary N) is 1. The van der Waals surface area contributed by atoms with Crippen LogP contribution in [0.25, 0.3) is 0 Å². The van der Waals surface area contributed by atoms with E-state index in [-0.39, 0.29) is 21.7 Å². The van der Waals surface area contributed by atoms with Gasteiger partial charge in [-0.25, -0.2) is 0 Å². The normalized spacial score (nSPS) is 30.4. The van der Waals surface area contributed by atoms with Crippen molar-refractivity contribution in [2.75, 3.05) is 5.73 Å². The molecule has 3 rings (SSSR count). The fraction of sp³-hybridized carbons (Fsp3) is 0.231. The zero-order valence-corrected chi connectivity index (χ0v) is 10.1. The quantitative estimate of drug-likeness (QED) is 0.539. The molecule has 2 heterocycles. The van der Waals surface area contributed by atoms with Crippen molar-refractivity contribution >= 4 is 29.3 Å². The van der Waals surface area contributed by atoms with Crippen LogP contribution in [0.15, 0.2) is 18.2 Å².